The lowest BCUT2D eigenvalue weighted by atomic mass is 9.87. The van der Waals surface area contributed by atoms with Crippen molar-refractivity contribution in [1.29, 1.82) is 0 Å². The van der Waals surface area contributed by atoms with Gasteiger partial charge in [-0.2, -0.15) is 0 Å². The fourth-order valence-corrected chi connectivity index (χ4v) is 4.76. The third kappa shape index (κ3) is 2.92. The van der Waals surface area contributed by atoms with Crippen LogP contribution in [-0.2, 0) is 13.9 Å². The van der Waals surface area contributed by atoms with E-state index in [1.165, 1.54) is 16.8 Å². The Morgan fingerprint density at radius 2 is 2.00 bits per heavy atom. The second kappa shape index (κ2) is 6.15. The van der Waals surface area contributed by atoms with Gasteiger partial charge in [0.2, 0.25) is 0 Å². The number of fused-ring (bicyclic) bond motifs is 2. The predicted molar refractivity (Wildman–Crippen MR) is 101 cm³/mol. The second-order valence-electron chi connectivity index (χ2n) is 9.21. The molecule has 1 aromatic heterocycles. The Bertz CT molecular complexity index is 794. The van der Waals surface area contributed by atoms with Gasteiger partial charge in [0, 0.05) is 12.3 Å². The molecule has 8 heteroatoms. The van der Waals surface area contributed by atoms with Crippen LogP contribution in [0.25, 0.3) is 0 Å². The molecule has 0 aromatic carbocycles. The molecule has 0 radical (unpaired) electrons. The molecule has 0 unspecified atom stereocenters. The van der Waals surface area contributed by atoms with Crippen molar-refractivity contribution in [1.82, 2.24) is 9.55 Å². The Balaban J connectivity index is 2.00. The lowest BCUT2D eigenvalue weighted by Crippen LogP contribution is -2.53. The summed E-state index contributed by atoms with van der Waals surface area (Å²) in [6, 6.07) is 1.32. The minimum Gasteiger partial charge on any atom is -0.408 e. The molecule has 146 valence electrons. The zero-order valence-electron chi connectivity index (χ0n) is 16.7. The first-order chi connectivity index (χ1) is 11.9. The molecule has 0 amide bonds. The summed E-state index contributed by atoms with van der Waals surface area (Å²) in [6.07, 6.45) is 0.237. The van der Waals surface area contributed by atoms with Crippen LogP contribution in [0.2, 0.25) is 18.1 Å². The maximum atomic E-state index is 12.3. The number of rotatable bonds is 4. The summed E-state index contributed by atoms with van der Waals surface area (Å²) >= 11 is 0. The topological polar surface area (TPSA) is 82.6 Å². The number of nitrogens with zero attached hydrogens (tertiary/aromatic N) is 1. The second-order valence-corrected chi connectivity index (χ2v) is 14.0. The molecule has 4 atom stereocenters. The van der Waals surface area contributed by atoms with Crippen LogP contribution in [0.3, 0.4) is 0 Å². The van der Waals surface area contributed by atoms with Crippen molar-refractivity contribution in [3.05, 3.63) is 33.1 Å². The van der Waals surface area contributed by atoms with E-state index in [4.69, 9.17) is 13.9 Å². The molecule has 7 nitrogen and oxygen atoms in total. The van der Waals surface area contributed by atoms with Crippen molar-refractivity contribution in [2.45, 2.75) is 76.8 Å². The van der Waals surface area contributed by atoms with Crippen LogP contribution in [0.1, 0.15) is 40.8 Å². The Hall–Kier alpha value is -1.22. The van der Waals surface area contributed by atoms with E-state index in [2.05, 4.69) is 52.7 Å². The van der Waals surface area contributed by atoms with Gasteiger partial charge < -0.3 is 13.9 Å². The molecule has 1 aromatic rings. The van der Waals surface area contributed by atoms with Crippen LogP contribution < -0.4 is 11.2 Å². The smallest absolute Gasteiger partial charge is 0.330 e. The predicted octanol–water partition coefficient (Wildman–Crippen LogP) is 2.25. The quantitative estimate of drug-likeness (QED) is 0.808. The molecule has 26 heavy (non-hydrogen) atoms. The molecular formula is C18H30N2O5Si. The van der Waals surface area contributed by atoms with Gasteiger partial charge in [-0.15, -0.1) is 0 Å². The van der Waals surface area contributed by atoms with E-state index in [1.807, 2.05) is 0 Å². The number of H-pyrrole nitrogens is 1. The number of aromatic nitrogens is 2. The number of aromatic amines is 1. The van der Waals surface area contributed by atoms with Gasteiger partial charge in [-0.05, 0) is 24.1 Å². The Labute approximate surface area is 154 Å². The van der Waals surface area contributed by atoms with E-state index < -0.39 is 31.4 Å². The summed E-state index contributed by atoms with van der Waals surface area (Å²) in [5, 5.41) is 0.0531. The van der Waals surface area contributed by atoms with E-state index in [0.717, 1.165) is 0 Å². The Kier molecular flexibility index (Phi) is 4.62. The molecule has 0 saturated carbocycles. The van der Waals surface area contributed by atoms with Gasteiger partial charge in [-0.1, -0.05) is 34.6 Å². The summed E-state index contributed by atoms with van der Waals surface area (Å²) in [7, 11) is -2.06. The summed E-state index contributed by atoms with van der Waals surface area (Å²) in [5.74, 6) is 0.158. The van der Waals surface area contributed by atoms with E-state index in [-0.39, 0.29) is 23.2 Å². The Morgan fingerprint density at radius 1 is 1.35 bits per heavy atom. The molecule has 2 bridgehead atoms. The zero-order chi connectivity index (χ0) is 19.5. The van der Waals surface area contributed by atoms with Crippen LogP contribution >= 0.6 is 0 Å². The van der Waals surface area contributed by atoms with Crippen LogP contribution in [0.15, 0.2) is 21.9 Å². The molecule has 0 spiro atoms. The highest BCUT2D eigenvalue weighted by Gasteiger charge is 2.65. The van der Waals surface area contributed by atoms with Crippen LogP contribution in [0.5, 0.6) is 0 Å². The fraction of sp³-hybridized carbons (Fsp3) is 0.778. The van der Waals surface area contributed by atoms with Crippen LogP contribution in [0.4, 0.5) is 0 Å². The molecule has 3 heterocycles. The SMILES string of the molecule is CC(C)[C@@]12CO[C@@H]([C@H](n3ccc(=O)[nH]c3=O)O1)[C@@H]2O[Si](C)(C)C(C)(C)C. The summed E-state index contributed by atoms with van der Waals surface area (Å²) in [4.78, 5) is 25.9. The van der Waals surface area contributed by atoms with Gasteiger partial charge >= 0.3 is 5.69 Å². The molecule has 2 aliphatic heterocycles. The summed E-state index contributed by atoms with van der Waals surface area (Å²) in [5.41, 5.74) is -1.52. The van der Waals surface area contributed by atoms with Gasteiger partial charge in [0.1, 0.15) is 17.8 Å². The van der Waals surface area contributed by atoms with E-state index >= 15 is 0 Å². The van der Waals surface area contributed by atoms with Crippen molar-refractivity contribution in [2.24, 2.45) is 5.92 Å². The third-order valence-electron chi connectivity index (χ3n) is 6.23. The van der Waals surface area contributed by atoms with E-state index in [9.17, 15) is 9.59 Å². The van der Waals surface area contributed by atoms with Gasteiger partial charge in [0.15, 0.2) is 14.5 Å². The molecule has 1 N–H and O–H groups in total. The van der Waals surface area contributed by atoms with E-state index in [0.29, 0.717) is 6.61 Å². The van der Waals surface area contributed by atoms with Gasteiger partial charge in [0.25, 0.3) is 5.56 Å². The Morgan fingerprint density at radius 3 is 2.54 bits per heavy atom. The maximum absolute atomic E-state index is 12.3. The molecule has 2 fully saturated rings. The van der Waals surface area contributed by atoms with Gasteiger partial charge in [-0.3, -0.25) is 14.3 Å². The van der Waals surface area contributed by atoms with Gasteiger partial charge in [0.05, 0.1) is 6.61 Å². The van der Waals surface area contributed by atoms with Crippen LogP contribution in [0, 0.1) is 5.92 Å². The number of hydrogen-bond acceptors (Lipinski definition) is 5. The van der Waals surface area contributed by atoms with Crippen molar-refractivity contribution in [3.63, 3.8) is 0 Å². The number of ether oxygens (including phenoxy) is 2. The molecular weight excluding hydrogens is 352 g/mol. The first-order valence-corrected chi connectivity index (χ1v) is 12.1. The largest absolute Gasteiger partial charge is 0.408 e. The molecule has 0 aliphatic carbocycles. The summed E-state index contributed by atoms with van der Waals surface area (Å²) < 4.78 is 20.6. The average Bonchev–Trinajstić information content (AvgIpc) is 2.99. The fourth-order valence-electron chi connectivity index (χ4n) is 3.43. The zero-order valence-corrected chi connectivity index (χ0v) is 17.7. The first kappa shape index (κ1) is 19.5. The van der Waals surface area contributed by atoms with Gasteiger partial charge in [-0.25, -0.2) is 4.79 Å². The van der Waals surface area contributed by atoms with Crippen molar-refractivity contribution in [3.8, 4) is 0 Å². The normalized spacial score (nSPS) is 31.8. The van der Waals surface area contributed by atoms with Crippen LogP contribution in [-0.4, -0.2) is 42.3 Å². The minimum absolute atomic E-state index is 0.0531. The lowest BCUT2D eigenvalue weighted by Gasteiger charge is -2.42. The standard InChI is InChI=1S/C18H30N2O5Si/c1-11(2)18-10-23-13(14(18)25-26(6,7)17(3,4)5)15(24-18)20-9-8-12(21)19-16(20)22/h8-9,11,13-15H,10H2,1-7H3,(H,19,21,22)/t13-,14+,15-,18-/m1/s1. The lowest BCUT2D eigenvalue weighted by molar-refractivity contribution is -0.190. The maximum Gasteiger partial charge on any atom is 0.330 e. The molecule has 3 rings (SSSR count). The highest BCUT2D eigenvalue weighted by Crippen LogP contribution is 2.52. The van der Waals surface area contributed by atoms with Crippen molar-refractivity contribution in [2.75, 3.05) is 6.61 Å². The highest BCUT2D eigenvalue weighted by molar-refractivity contribution is 6.74. The first-order valence-electron chi connectivity index (χ1n) is 9.18. The van der Waals surface area contributed by atoms with Crippen molar-refractivity contribution >= 4 is 8.32 Å². The number of nitrogens with one attached hydrogen (secondary N) is 1. The minimum atomic E-state index is -2.06. The highest BCUT2D eigenvalue weighted by atomic mass is 28.4. The molecule has 2 aliphatic rings. The number of hydrogen-bond donors (Lipinski definition) is 1. The monoisotopic (exact) mass is 382 g/mol. The molecule has 2 saturated heterocycles. The summed E-state index contributed by atoms with van der Waals surface area (Å²) in [6.45, 7) is 15.6. The van der Waals surface area contributed by atoms with E-state index in [1.54, 1.807) is 0 Å². The average molecular weight is 383 g/mol. The third-order valence-corrected chi connectivity index (χ3v) is 10.7. The van der Waals surface area contributed by atoms with Crippen molar-refractivity contribution < 1.29 is 13.9 Å².